The number of rotatable bonds is 7. The van der Waals surface area contributed by atoms with Crippen LogP contribution in [-0.2, 0) is 16.6 Å². The molecule has 3 rings (SSSR count). The van der Waals surface area contributed by atoms with Crippen molar-refractivity contribution in [2.75, 3.05) is 40.5 Å². The van der Waals surface area contributed by atoms with Gasteiger partial charge in [0.2, 0.25) is 0 Å². The first-order valence-corrected chi connectivity index (χ1v) is 10.4. The van der Waals surface area contributed by atoms with Crippen molar-refractivity contribution in [2.24, 2.45) is 4.99 Å². The Morgan fingerprint density at radius 3 is 2.50 bits per heavy atom. The van der Waals surface area contributed by atoms with E-state index >= 15 is 0 Å². The van der Waals surface area contributed by atoms with Crippen LogP contribution in [0.15, 0.2) is 53.5 Å². The van der Waals surface area contributed by atoms with Crippen LogP contribution in [0.5, 0.6) is 5.75 Å². The van der Waals surface area contributed by atoms with Crippen molar-refractivity contribution in [3.63, 3.8) is 0 Å². The molecule has 0 amide bonds. The van der Waals surface area contributed by atoms with Gasteiger partial charge in [0.25, 0.3) is 0 Å². The summed E-state index contributed by atoms with van der Waals surface area (Å²) in [5.74, 6) is 1.69. The first-order valence-electron chi connectivity index (χ1n) is 10.1. The maximum Gasteiger partial charge on any atom is 0.191 e. The van der Waals surface area contributed by atoms with Crippen LogP contribution in [0.4, 0.5) is 0 Å². The van der Waals surface area contributed by atoms with E-state index in [1.807, 2.05) is 24.3 Å². The summed E-state index contributed by atoms with van der Waals surface area (Å²) in [7, 11) is 3.49. The monoisotopic (exact) mass is 543 g/mol. The third kappa shape index (κ3) is 6.75. The molecule has 0 aromatic heterocycles. The van der Waals surface area contributed by atoms with Gasteiger partial charge < -0.3 is 20.1 Å². The fourth-order valence-corrected chi connectivity index (χ4v) is 3.93. The Morgan fingerprint density at radius 2 is 1.87 bits per heavy atom. The van der Waals surface area contributed by atoms with Crippen molar-refractivity contribution in [1.82, 2.24) is 10.6 Å². The third-order valence-electron chi connectivity index (χ3n) is 5.57. The van der Waals surface area contributed by atoms with Gasteiger partial charge in [-0.25, -0.2) is 0 Å². The molecule has 0 unspecified atom stereocenters. The van der Waals surface area contributed by atoms with Gasteiger partial charge in [0.1, 0.15) is 5.75 Å². The van der Waals surface area contributed by atoms with Crippen LogP contribution in [0.2, 0.25) is 5.02 Å². The predicted octanol–water partition coefficient (Wildman–Crippen LogP) is 4.42. The van der Waals surface area contributed by atoms with E-state index in [0.717, 1.165) is 62.3 Å². The van der Waals surface area contributed by atoms with Crippen LogP contribution in [0.3, 0.4) is 0 Å². The number of benzene rings is 2. The number of aliphatic imine (C=N–C) groups is 1. The lowest BCUT2D eigenvalue weighted by atomic mass is 9.74. The van der Waals surface area contributed by atoms with Gasteiger partial charge in [-0.2, -0.15) is 0 Å². The lowest BCUT2D eigenvalue weighted by Crippen LogP contribution is -2.48. The summed E-state index contributed by atoms with van der Waals surface area (Å²) >= 11 is 6.27. The van der Waals surface area contributed by atoms with E-state index < -0.39 is 0 Å². The Morgan fingerprint density at radius 1 is 1.13 bits per heavy atom. The summed E-state index contributed by atoms with van der Waals surface area (Å²) in [6.07, 6.45) is 2.84. The van der Waals surface area contributed by atoms with E-state index in [0.29, 0.717) is 0 Å². The van der Waals surface area contributed by atoms with Crippen molar-refractivity contribution in [3.8, 4) is 5.75 Å². The summed E-state index contributed by atoms with van der Waals surface area (Å²) in [6.45, 7) is 3.12. The number of hydrogen-bond acceptors (Lipinski definition) is 3. The molecular weight excluding hydrogens is 513 g/mol. The minimum Gasteiger partial charge on any atom is -0.497 e. The van der Waals surface area contributed by atoms with Gasteiger partial charge >= 0.3 is 0 Å². The lowest BCUT2D eigenvalue weighted by Gasteiger charge is -2.38. The number of hydrogen-bond donors (Lipinski definition) is 2. The van der Waals surface area contributed by atoms with Gasteiger partial charge in [-0.3, -0.25) is 4.99 Å². The summed E-state index contributed by atoms with van der Waals surface area (Å²) in [6, 6.07) is 16.3. The van der Waals surface area contributed by atoms with E-state index in [4.69, 9.17) is 21.1 Å². The Kier molecular flexibility index (Phi) is 10.2. The van der Waals surface area contributed by atoms with Gasteiger partial charge in [-0.05, 0) is 54.7 Å². The molecule has 1 aliphatic rings. The zero-order valence-electron chi connectivity index (χ0n) is 17.6. The van der Waals surface area contributed by atoms with Crippen molar-refractivity contribution >= 4 is 41.5 Å². The summed E-state index contributed by atoms with van der Waals surface area (Å²) < 4.78 is 10.8. The molecule has 0 spiro atoms. The second kappa shape index (κ2) is 12.4. The van der Waals surface area contributed by atoms with E-state index in [2.05, 4.69) is 39.9 Å². The second-order valence-electron chi connectivity index (χ2n) is 7.35. The first-order chi connectivity index (χ1) is 14.1. The normalized spacial score (nSPS) is 15.8. The van der Waals surface area contributed by atoms with Crippen molar-refractivity contribution in [2.45, 2.75) is 24.7 Å². The van der Waals surface area contributed by atoms with Crippen molar-refractivity contribution in [3.05, 3.63) is 64.7 Å². The molecule has 2 aromatic carbocycles. The Balaban J connectivity index is 0.00000320. The molecular formula is C23H31ClIN3O2. The average Bonchev–Trinajstić information content (AvgIpc) is 2.77. The quantitative estimate of drug-likeness (QED) is 0.308. The molecule has 0 atom stereocenters. The molecule has 5 nitrogen and oxygen atoms in total. The number of methoxy groups -OCH3 is 1. The third-order valence-corrected chi connectivity index (χ3v) is 5.80. The molecule has 2 N–H and O–H groups in total. The fourth-order valence-electron chi connectivity index (χ4n) is 3.74. The number of halogens is 2. The van der Waals surface area contributed by atoms with Crippen LogP contribution in [0.25, 0.3) is 0 Å². The van der Waals surface area contributed by atoms with Gasteiger partial charge in [0, 0.05) is 43.8 Å². The van der Waals surface area contributed by atoms with Gasteiger partial charge in [-0.15, -0.1) is 24.0 Å². The molecule has 0 saturated carbocycles. The lowest BCUT2D eigenvalue weighted by molar-refractivity contribution is 0.0514. The van der Waals surface area contributed by atoms with Crippen LogP contribution in [-0.4, -0.2) is 46.4 Å². The molecule has 30 heavy (non-hydrogen) atoms. The Bertz CT molecular complexity index is 808. The minimum atomic E-state index is -0.00322. The molecule has 7 heteroatoms. The molecule has 1 saturated heterocycles. The SMILES string of the molecule is CN=C(NCCc1ccc(OC)cc1)NCC1(c2cccc(Cl)c2)CCOCC1.I. The number of nitrogens with one attached hydrogen (secondary N) is 2. The zero-order valence-corrected chi connectivity index (χ0v) is 20.7. The second-order valence-corrected chi connectivity index (χ2v) is 7.79. The van der Waals surface area contributed by atoms with Gasteiger partial charge in [0.05, 0.1) is 7.11 Å². The van der Waals surface area contributed by atoms with Crippen molar-refractivity contribution in [1.29, 1.82) is 0 Å². The fraction of sp³-hybridized carbons (Fsp3) is 0.435. The van der Waals surface area contributed by atoms with Crippen LogP contribution < -0.4 is 15.4 Å². The largest absolute Gasteiger partial charge is 0.497 e. The highest BCUT2D eigenvalue weighted by atomic mass is 127. The predicted molar refractivity (Wildman–Crippen MR) is 135 cm³/mol. The number of nitrogens with zero attached hydrogens (tertiary/aromatic N) is 1. The van der Waals surface area contributed by atoms with E-state index in [1.54, 1.807) is 14.2 Å². The molecule has 0 aliphatic carbocycles. The summed E-state index contributed by atoms with van der Waals surface area (Å²) in [4.78, 5) is 4.39. The molecule has 164 valence electrons. The molecule has 2 aromatic rings. The molecule has 1 heterocycles. The van der Waals surface area contributed by atoms with E-state index in [-0.39, 0.29) is 29.4 Å². The van der Waals surface area contributed by atoms with Gasteiger partial charge in [0.15, 0.2) is 5.96 Å². The highest BCUT2D eigenvalue weighted by molar-refractivity contribution is 14.0. The topological polar surface area (TPSA) is 54.9 Å². The molecule has 1 aliphatic heterocycles. The van der Waals surface area contributed by atoms with E-state index in [1.165, 1.54) is 11.1 Å². The smallest absolute Gasteiger partial charge is 0.191 e. The number of guanidine groups is 1. The average molecular weight is 544 g/mol. The highest BCUT2D eigenvalue weighted by Gasteiger charge is 2.34. The molecule has 0 bridgehead atoms. The Labute approximate surface area is 201 Å². The van der Waals surface area contributed by atoms with Crippen LogP contribution >= 0.6 is 35.6 Å². The van der Waals surface area contributed by atoms with Crippen LogP contribution in [0, 0.1) is 0 Å². The maximum absolute atomic E-state index is 6.27. The maximum atomic E-state index is 6.27. The standard InChI is InChI=1S/C23H30ClN3O2.HI/c1-25-22(26-13-10-18-6-8-21(28-2)9-7-18)27-17-23(11-14-29-15-12-23)19-4-3-5-20(24)16-19;/h3-9,16H,10-15,17H2,1-2H3,(H2,25,26,27);1H. The van der Waals surface area contributed by atoms with E-state index in [9.17, 15) is 0 Å². The van der Waals surface area contributed by atoms with Crippen LogP contribution in [0.1, 0.15) is 24.0 Å². The molecule has 1 fully saturated rings. The minimum absolute atomic E-state index is 0. The summed E-state index contributed by atoms with van der Waals surface area (Å²) in [5.41, 5.74) is 2.51. The highest BCUT2D eigenvalue weighted by Crippen LogP contribution is 2.35. The zero-order chi connectivity index (χ0) is 20.5. The first kappa shape index (κ1) is 24.8. The van der Waals surface area contributed by atoms with Crippen molar-refractivity contribution < 1.29 is 9.47 Å². The number of ether oxygens (including phenoxy) is 2. The van der Waals surface area contributed by atoms with Gasteiger partial charge in [-0.1, -0.05) is 35.9 Å². The Hall–Kier alpha value is -1.51. The summed E-state index contributed by atoms with van der Waals surface area (Å²) in [5, 5.41) is 7.71. The molecule has 0 radical (unpaired) electrons.